The molecule has 1 unspecified atom stereocenters. The van der Waals surface area contributed by atoms with Gasteiger partial charge in [-0.25, -0.2) is 0 Å². The third-order valence-electron chi connectivity index (χ3n) is 2.98. The number of ether oxygens (including phenoxy) is 3. The number of hydrogen-bond donors (Lipinski definition) is 0. The summed E-state index contributed by atoms with van der Waals surface area (Å²) < 4.78 is 18.1. The Bertz CT molecular complexity index is 418. The molecule has 0 aliphatic carbocycles. The Morgan fingerprint density at radius 1 is 1.44 bits per heavy atom. The first-order chi connectivity index (χ1) is 8.48. The molecular formula is C14H19BrO3. The Hall–Kier alpha value is -0.580. The fourth-order valence-corrected chi connectivity index (χ4v) is 2.30. The summed E-state index contributed by atoms with van der Waals surface area (Å²) in [6.07, 6.45) is 0.975. The smallest absolute Gasteiger partial charge is 0.163 e. The van der Waals surface area contributed by atoms with Crippen molar-refractivity contribution in [3.8, 4) is 5.75 Å². The minimum absolute atomic E-state index is 0.132. The molecule has 0 aromatic heterocycles. The molecule has 100 valence electrons. The molecule has 1 saturated heterocycles. The van der Waals surface area contributed by atoms with Crippen LogP contribution in [0.3, 0.4) is 0 Å². The third kappa shape index (κ3) is 3.46. The molecule has 1 fully saturated rings. The minimum Gasteiger partial charge on any atom is -0.493 e. The van der Waals surface area contributed by atoms with E-state index in [-0.39, 0.29) is 6.10 Å². The second-order valence-electron chi connectivity index (χ2n) is 4.95. The van der Waals surface area contributed by atoms with Crippen molar-refractivity contribution in [2.24, 2.45) is 0 Å². The van der Waals surface area contributed by atoms with Gasteiger partial charge in [-0.3, -0.25) is 0 Å². The Balaban J connectivity index is 1.81. The topological polar surface area (TPSA) is 27.7 Å². The highest BCUT2D eigenvalue weighted by molar-refractivity contribution is 9.10. The van der Waals surface area contributed by atoms with Crippen molar-refractivity contribution in [3.63, 3.8) is 0 Å². The van der Waals surface area contributed by atoms with Gasteiger partial charge in [0.05, 0.1) is 19.3 Å². The van der Waals surface area contributed by atoms with E-state index in [9.17, 15) is 0 Å². The molecule has 1 heterocycles. The molecule has 1 aromatic carbocycles. The number of benzene rings is 1. The van der Waals surface area contributed by atoms with Crippen molar-refractivity contribution in [2.75, 3.05) is 13.2 Å². The van der Waals surface area contributed by atoms with E-state index >= 15 is 0 Å². The summed E-state index contributed by atoms with van der Waals surface area (Å²) >= 11 is 3.49. The van der Waals surface area contributed by atoms with E-state index in [2.05, 4.69) is 15.9 Å². The van der Waals surface area contributed by atoms with Gasteiger partial charge in [-0.2, -0.15) is 0 Å². The predicted molar refractivity (Wildman–Crippen MR) is 73.9 cm³/mol. The zero-order chi connectivity index (χ0) is 13.2. The summed E-state index contributed by atoms with van der Waals surface area (Å²) in [5.41, 5.74) is 1.13. The van der Waals surface area contributed by atoms with E-state index in [0.717, 1.165) is 22.2 Å². The monoisotopic (exact) mass is 314 g/mol. The first-order valence-corrected chi connectivity index (χ1v) is 6.97. The molecule has 1 aliphatic heterocycles. The molecule has 0 saturated carbocycles. The molecule has 3 nitrogen and oxygen atoms in total. The molecule has 0 spiro atoms. The Labute approximate surface area is 117 Å². The zero-order valence-electron chi connectivity index (χ0n) is 11.0. The van der Waals surface area contributed by atoms with Gasteiger partial charge >= 0.3 is 0 Å². The quantitative estimate of drug-likeness (QED) is 0.848. The van der Waals surface area contributed by atoms with E-state index in [1.165, 1.54) is 0 Å². The predicted octanol–water partition coefficient (Wildman–Crippen LogP) is 3.68. The van der Waals surface area contributed by atoms with Gasteiger partial charge in [0.1, 0.15) is 5.75 Å². The van der Waals surface area contributed by atoms with Gasteiger partial charge in [0.25, 0.3) is 0 Å². The van der Waals surface area contributed by atoms with E-state index < -0.39 is 5.79 Å². The van der Waals surface area contributed by atoms with Crippen molar-refractivity contribution in [2.45, 2.75) is 39.1 Å². The van der Waals surface area contributed by atoms with Crippen LogP contribution in [0.4, 0.5) is 0 Å². The average molecular weight is 315 g/mol. The van der Waals surface area contributed by atoms with Crippen LogP contribution in [0.2, 0.25) is 0 Å². The maximum absolute atomic E-state index is 5.78. The van der Waals surface area contributed by atoms with Gasteiger partial charge < -0.3 is 14.2 Å². The number of rotatable bonds is 4. The first-order valence-electron chi connectivity index (χ1n) is 6.17. The molecule has 1 aliphatic rings. The van der Waals surface area contributed by atoms with Crippen molar-refractivity contribution >= 4 is 15.9 Å². The molecular weight excluding hydrogens is 296 g/mol. The van der Waals surface area contributed by atoms with Crippen LogP contribution in [-0.4, -0.2) is 25.1 Å². The second kappa shape index (κ2) is 5.59. The normalized spacial score (nSPS) is 22.1. The van der Waals surface area contributed by atoms with Crippen LogP contribution < -0.4 is 4.74 Å². The molecule has 0 N–H and O–H groups in total. The zero-order valence-corrected chi connectivity index (χ0v) is 12.6. The summed E-state index contributed by atoms with van der Waals surface area (Å²) in [6, 6.07) is 5.97. The molecule has 0 bridgehead atoms. The van der Waals surface area contributed by atoms with Gasteiger partial charge in [0, 0.05) is 16.5 Å². The SMILES string of the molecule is Cc1c(Br)cccc1OCCC1COC(C)(C)O1. The van der Waals surface area contributed by atoms with Crippen LogP contribution in [-0.2, 0) is 9.47 Å². The van der Waals surface area contributed by atoms with Crippen LogP contribution in [0.5, 0.6) is 5.75 Å². The lowest BCUT2D eigenvalue weighted by molar-refractivity contribution is -0.139. The van der Waals surface area contributed by atoms with Gasteiger partial charge in [-0.15, -0.1) is 0 Å². The number of hydrogen-bond acceptors (Lipinski definition) is 3. The van der Waals surface area contributed by atoms with E-state index in [1.807, 2.05) is 39.0 Å². The van der Waals surface area contributed by atoms with Crippen molar-refractivity contribution in [1.82, 2.24) is 0 Å². The highest BCUT2D eigenvalue weighted by Crippen LogP contribution is 2.27. The Morgan fingerprint density at radius 3 is 2.89 bits per heavy atom. The van der Waals surface area contributed by atoms with Gasteiger partial charge in [0.2, 0.25) is 0 Å². The number of halogens is 1. The summed E-state index contributed by atoms with van der Waals surface area (Å²) in [6.45, 7) is 7.20. The Kier molecular flexibility index (Phi) is 4.30. The fourth-order valence-electron chi connectivity index (χ4n) is 1.95. The molecule has 1 aromatic rings. The average Bonchev–Trinajstić information content (AvgIpc) is 2.64. The minimum atomic E-state index is -0.448. The van der Waals surface area contributed by atoms with Gasteiger partial charge in [-0.1, -0.05) is 22.0 Å². The van der Waals surface area contributed by atoms with E-state index in [1.54, 1.807) is 0 Å². The summed E-state index contributed by atoms with van der Waals surface area (Å²) in [5.74, 6) is 0.471. The molecule has 0 amide bonds. The van der Waals surface area contributed by atoms with Crippen LogP contribution in [0.1, 0.15) is 25.8 Å². The molecule has 18 heavy (non-hydrogen) atoms. The standard InChI is InChI=1S/C14H19BrO3/c1-10-12(15)5-4-6-13(10)16-8-7-11-9-17-14(2,3)18-11/h4-6,11H,7-9H2,1-3H3. The van der Waals surface area contributed by atoms with Crippen LogP contribution in [0, 0.1) is 6.92 Å². The van der Waals surface area contributed by atoms with E-state index in [4.69, 9.17) is 14.2 Å². The van der Waals surface area contributed by atoms with E-state index in [0.29, 0.717) is 13.2 Å². The molecule has 4 heteroatoms. The van der Waals surface area contributed by atoms with Crippen molar-refractivity contribution in [1.29, 1.82) is 0 Å². The molecule has 1 atom stereocenters. The lowest BCUT2D eigenvalue weighted by atomic mass is 10.2. The Morgan fingerprint density at radius 2 is 2.22 bits per heavy atom. The van der Waals surface area contributed by atoms with Crippen LogP contribution in [0.15, 0.2) is 22.7 Å². The van der Waals surface area contributed by atoms with Crippen molar-refractivity contribution in [3.05, 3.63) is 28.2 Å². The van der Waals surface area contributed by atoms with Crippen molar-refractivity contribution < 1.29 is 14.2 Å². The van der Waals surface area contributed by atoms with Gasteiger partial charge in [0.15, 0.2) is 5.79 Å². The molecule has 2 rings (SSSR count). The lowest BCUT2D eigenvalue weighted by Crippen LogP contribution is -2.22. The highest BCUT2D eigenvalue weighted by atomic mass is 79.9. The second-order valence-corrected chi connectivity index (χ2v) is 5.81. The maximum Gasteiger partial charge on any atom is 0.163 e. The van der Waals surface area contributed by atoms with Gasteiger partial charge in [-0.05, 0) is 32.9 Å². The van der Waals surface area contributed by atoms with Crippen LogP contribution in [0.25, 0.3) is 0 Å². The lowest BCUT2D eigenvalue weighted by Gasteiger charge is -2.17. The summed E-state index contributed by atoms with van der Waals surface area (Å²) in [5, 5.41) is 0. The summed E-state index contributed by atoms with van der Waals surface area (Å²) in [4.78, 5) is 0. The third-order valence-corrected chi connectivity index (χ3v) is 3.84. The largest absolute Gasteiger partial charge is 0.493 e. The molecule has 0 radical (unpaired) electrons. The highest BCUT2D eigenvalue weighted by Gasteiger charge is 2.32. The fraction of sp³-hybridized carbons (Fsp3) is 0.571. The summed E-state index contributed by atoms with van der Waals surface area (Å²) in [7, 11) is 0. The van der Waals surface area contributed by atoms with Crippen LogP contribution >= 0.6 is 15.9 Å². The maximum atomic E-state index is 5.78. The first kappa shape index (κ1) is 13.8.